The van der Waals surface area contributed by atoms with Crippen molar-refractivity contribution in [1.29, 1.82) is 5.26 Å². The van der Waals surface area contributed by atoms with E-state index >= 15 is 0 Å². The van der Waals surface area contributed by atoms with Gasteiger partial charge < -0.3 is 10.1 Å². The minimum Gasteiger partial charge on any atom is -0.467 e. The smallest absolute Gasteiger partial charge is 0.328 e. The van der Waals surface area contributed by atoms with Crippen LogP contribution in [0, 0.1) is 17.2 Å². The molecular weight excluding hydrogens is 268 g/mol. The fourth-order valence-electron chi connectivity index (χ4n) is 1.99. The molecule has 0 aromatic heterocycles. The van der Waals surface area contributed by atoms with E-state index in [1.54, 1.807) is 24.3 Å². The molecular formula is C16H20N2O3. The SMILES string of the molecule is COC(=O)[C@H](Cc1ccccc1C#N)NC(=O)CC(C)C. The van der Waals surface area contributed by atoms with Crippen molar-refractivity contribution in [3.8, 4) is 6.07 Å². The molecule has 0 saturated heterocycles. The molecule has 1 aromatic carbocycles. The van der Waals surface area contributed by atoms with Gasteiger partial charge in [-0.3, -0.25) is 4.79 Å². The Morgan fingerprint density at radius 3 is 2.57 bits per heavy atom. The lowest BCUT2D eigenvalue weighted by Crippen LogP contribution is -2.43. The zero-order valence-corrected chi connectivity index (χ0v) is 12.6. The molecule has 0 radical (unpaired) electrons. The Morgan fingerprint density at radius 1 is 1.33 bits per heavy atom. The summed E-state index contributed by atoms with van der Waals surface area (Å²) in [6.07, 6.45) is 0.577. The van der Waals surface area contributed by atoms with Crippen LogP contribution in [0.3, 0.4) is 0 Å². The Balaban J connectivity index is 2.86. The lowest BCUT2D eigenvalue weighted by atomic mass is 10.0. The second kappa shape index (κ2) is 8.05. The number of hydrogen-bond acceptors (Lipinski definition) is 4. The fourth-order valence-corrected chi connectivity index (χ4v) is 1.99. The Hall–Kier alpha value is -2.35. The molecule has 0 aliphatic heterocycles. The van der Waals surface area contributed by atoms with Gasteiger partial charge in [-0.1, -0.05) is 32.0 Å². The first-order valence-corrected chi connectivity index (χ1v) is 6.83. The predicted octanol–water partition coefficient (Wildman–Crippen LogP) is 1.80. The Morgan fingerprint density at radius 2 is 2.00 bits per heavy atom. The molecule has 1 rings (SSSR count). The molecule has 0 aliphatic carbocycles. The van der Waals surface area contributed by atoms with Crippen LogP contribution in [0.2, 0.25) is 0 Å². The van der Waals surface area contributed by atoms with Gasteiger partial charge in [-0.05, 0) is 17.5 Å². The zero-order chi connectivity index (χ0) is 15.8. The van der Waals surface area contributed by atoms with Crippen LogP contribution < -0.4 is 5.32 Å². The summed E-state index contributed by atoms with van der Waals surface area (Å²) in [4.78, 5) is 23.7. The molecule has 0 bridgehead atoms. The number of amides is 1. The highest BCUT2D eigenvalue weighted by Gasteiger charge is 2.23. The number of hydrogen-bond donors (Lipinski definition) is 1. The first-order valence-electron chi connectivity index (χ1n) is 6.83. The van der Waals surface area contributed by atoms with Crippen LogP contribution in [0.4, 0.5) is 0 Å². The largest absolute Gasteiger partial charge is 0.467 e. The van der Waals surface area contributed by atoms with Crippen molar-refractivity contribution in [2.45, 2.75) is 32.7 Å². The molecule has 1 aromatic rings. The number of carbonyl (C=O) groups is 2. The predicted molar refractivity (Wildman–Crippen MR) is 78.3 cm³/mol. The van der Waals surface area contributed by atoms with Crippen molar-refractivity contribution in [1.82, 2.24) is 5.32 Å². The van der Waals surface area contributed by atoms with E-state index in [9.17, 15) is 9.59 Å². The van der Waals surface area contributed by atoms with Crippen molar-refractivity contribution < 1.29 is 14.3 Å². The second-order valence-electron chi connectivity index (χ2n) is 5.21. The molecule has 1 amide bonds. The average molecular weight is 288 g/mol. The second-order valence-corrected chi connectivity index (χ2v) is 5.21. The number of carbonyl (C=O) groups excluding carboxylic acids is 2. The maximum Gasteiger partial charge on any atom is 0.328 e. The van der Waals surface area contributed by atoms with Gasteiger partial charge in [0, 0.05) is 12.8 Å². The number of nitriles is 1. The fraction of sp³-hybridized carbons (Fsp3) is 0.438. The first kappa shape index (κ1) is 16.7. The van der Waals surface area contributed by atoms with Crippen molar-refractivity contribution in [3.05, 3.63) is 35.4 Å². The molecule has 0 fully saturated rings. The summed E-state index contributed by atoms with van der Waals surface area (Å²) < 4.78 is 4.73. The van der Waals surface area contributed by atoms with E-state index in [2.05, 4.69) is 11.4 Å². The lowest BCUT2D eigenvalue weighted by Gasteiger charge is -2.17. The topological polar surface area (TPSA) is 79.2 Å². The summed E-state index contributed by atoms with van der Waals surface area (Å²) in [6.45, 7) is 3.86. The number of rotatable bonds is 6. The van der Waals surface area contributed by atoms with Crippen molar-refractivity contribution in [2.75, 3.05) is 7.11 Å². The monoisotopic (exact) mass is 288 g/mol. The number of nitrogens with one attached hydrogen (secondary N) is 1. The summed E-state index contributed by atoms with van der Waals surface area (Å²) >= 11 is 0. The first-order chi connectivity index (χ1) is 9.97. The van der Waals surface area contributed by atoms with Crippen LogP contribution in [0.5, 0.6) is 0 Å². The van der Waals surface area contributed by atoms with Crippen LogP contribution in [-0.2, 0) is 20.7 Å². The molecule has 5 nitrogen and oxygen atoms in total. The summed E-state index contributed by atoms with van der Waals surface area (Å²) in [5.41, 5.74) is 1.20. The van der Waals surface area contributed by atoms with Gasteiger partial charge in [0.15, 0.2) is 0 Å². The van der Waals surface area contributed by atoms with Crippen molar-refractivity contribution >= 4 is 11.9 Å². The van der Waals surface area contributed by atoms with E-state index < -0.39 is 12.0 Å². The third kappa shape index (κ3) is 5.27. The number of benzene rings is 1. The Kier molecular flexibility index (Phi) is 6.41. The van der Waals surface area contributed by atoms with Crippen LogP contribution in [-0.4, -0.2) is 25.0 Å². The molecule has 0 saturated carbocycles. The Labute approximate surface area is 124 Å². The van der Waals surface area contributed by atoms with E-state index in [4.69, 9.17) is 10.00 Å². The number of ether oxygens (including phenoxy) is 1. The standard InChI is InChI=1S/C16H20N2O3/c1-11(2)8-15(19)18-14(16(20)21-3)9-12-6-4-5-7-13(12)10-17/h4-7,11,14H,8-9H2,1-3H3,(H,18,19)/t14-/m0/s1. The van der Waals surface area contributed by atoms with Crippen LogP contribution in [0.1, 0.15) is 31.4 Å². The summed E-state index contributed by atoms with van der Waals surface area (Å²) in [7, 11) is 1.28. The maximum absolute atomic E-state index is 11.8. The lowest BCUT2D eigenvalue weighted by molar-refractivity contribution is -0.145. The summed E-state index contributed by atoms with van der Waals surface area (Å²) in [5, 5.41) is 11.8. The highest BCUT2D eigenvalue weighted by Crippen LogP contribution is 2.11. The van der Waals surface area contributed by atoms with Crippen LogP contribution in [0.25, 0.3) is 0 Å². The quantitative estimate of drug-likeness (QED) is 0.810. The van der Waals surface area contributed by atoms with Crippen LogP contribution in [0.15, 0.2) is 24.3 Å². The number of methoxy groups -OCH3 is 1. The number of nitrogens with zero attached hydrogens (tertiary/aromatic N) is 1. The minimum atomic E-state index is -0.782. The third-order valence-electron chi connectivity index (χ3n) is 2.98. The van der Waals surface area contributed by atoms with Gasteiger partial charge in [-0.2, -0.15) is 5.26 Å². The van der Waals surface area contributed by atoms with Crippen molar-refractivity contribution in [2.24, 2.45) is 5.92 Å². The van der Waals surface area contributed by atoms with Gasteiger partial charge in [0.1, 0.15) is 6.04 Å². The molecule has 1 N–H and O–H groups in total. The highest BCUT2D eigenvalue weighted by atomic mass is 16.5. The molecule has 0 heterocycles. The minimum absolute atomic E-state index is 0.199. The van der Waals surface area contributed by atoms with E-state index in [0.717, 1.165) is 0 Å². The molecule has 5 heteroatoms. The molecule has 112 valence electrons. The van der Waals surface area contributed by atoms with Gasteiger partial charge in [-0.15, -0.1) is 0 Å². The Bertz CT molecular complexity index is 547. The van der Waals surface area contributed by atoms with Gasteiger partial charge in [0.05, 0.1) is 18.7 Å². The molecule has 1 atom stereocenters. The maximum atomic E-state index is 11.8. The highest BCUT2D eigenvalue weighted by molar-refractivity contribution is 5.84. The molecule has 0 spiro atoms. The van der Waals surface area contributed by atoms with Crippen molar-refractivity contribution in [3.63, 3.8) is 0 Å². The zero-order valence-electron chi connectivity index (χ0n) is 12.6. The third-order valence-corrected chi connectivity index (χ3v) is 2.98. The van der Waals surface area contributed by atoms with E-state index in [1.807, 2.05) is 13.8 Å². The van der Waals surface area contributed by atoms with Gasteiger partial charge in [0.25, 0.3) is 0 Å². The van der Waals surface area contributed by atoms with Gasteiger partial charge in [0.2, 0.25) is 5.91 Å². The molecule has 21 heavy (non-hydrogen) atoms. The molecule has 0 aliphatic rings. The van der Waals surface area contributed by atoms with Gasteiger partial charge >= 0.3 is 5.97 Å². The normalized spacial score (nSPS) is 11.6. The van der Waals surface area contributed by atoms with E-state index in [1.165, 1.54) is 7.11 Å². The average Bonchev–Trinajstić information content (AvgIpc) is 2.45. The van der Waals surface area contributed by atoms with Gasteiger partial charge in [-0.25, -0.2) is 4.79 Å². The summed E-state index contributed by atoms with van der Waals surface area (Å²) in [5.74, 6) is -0.510. The molecule has 0 unspecified atom stereocenters. The van der Waals surface area contributed by atoms with Crippen LogP contribution >= 0.6 is 0 Å². The van der Waals surface area contributed by atoms with E-state index in [0.29, 0.717) is 17.5 Å². The van der Waals surface area contributed by atoms with E-state index in [-0.39, 0.29) is 18.2 Å². The number of esters is 1. The summed E-state index contributed by atoms with van der Waals surface area (Å²) in [6, 6.07) is 8.29.